The first-order chi connectivity index (χ1) is 21.3. The predicted octanol–water partition coefficient (Wildman–Crippen LogP) is -8.28. The van der Waals surface area contributed by atoms with Crippen molar-refractivity contribution in [2.75, 3.05) is 39.3 Å². The molecule has 0 aromatic carbocycles. The number of ether oxygens (including phenoxy) is 3. The highest BCUT2D eigenvalue weighted by Crippen LogP contribution is 2.37. The van der Waals surface area contributed by atoms with Crippen LogP contribution in [0.2, 0.25) is 0 Å². The molecule has 2 amide bonds. The third-order valence-corrected chi connectivity index (χ3v) is 8.61. The fourth-order valence-corrected chi connectivity index (χ4v) is 6.04. The number of carbonyl (C=O) groups is 1. The number of aliphatic hydroxyl groups excluding tert-OH is 8. The monoisotopic (exact) mass is 657 g/mol. The number of amides is 2. The number of rotatable bonds is 13. The van der Waals surface area contributed by atoms with E-state index in [1.165, 1.54) is 0 Å². The van der Waals surface area contributed by atoms with Gasteiger partial charge in [0.2, 0.25) is 0 Å². The molecule has 20 heteroatoms. The maximum absolute atomic E-state index is 12.7. The number of aliphatic hydroxyl groups is 8. The molecule has 19 N–H and O–H groups in total. The smallest absolute Gasteiger partial charge is 0.341 e. The van der Waals surface area contributed by atoms with E-state index < -0.39 is 110 Å². The minimum Gasteiger partial charge on any atom is -0.394 e. The number of hydrogen-bond donors (Lipinski definition) is 15. The van der Waals surface area contributed by atoms with Crippen molar-refractivity contribution < 1.29 is 65.1 Å². The van der Waals surface area contributed by atoms with E-state index in [2.05, 4.69) is 10.6 Å². The van der Waals surface area contributed by atoms with E-state index >= 15 is 0 Å². The Hall–Kier alpha value is -1.41. The lowest BCUT2D eigenvalue weighted by molar-refractivity contribution is -0.310. The fraction of sp³-hybridized carbons (Fsp3) is 0.960. The van der Waals surface area contributed by atoms with E-state index in [9.17, 15) is 50.9 Å². The Bertz CT molecular complexity index is 915. The molecule has 264 valence electrons. The van der Waals surface area contributed by atoms with Crippen molar-refractivity contribution >= 4 is 6.03 Å². The number of nitrogens with two attached hydrogens (primary N) is 4. The van der Waals surface area contributed by atoms with Crippen LogP contribution in [0.5, 0.6) is 0 Å². The van der Waals surface area contributed by atoms with Crippen LogP contribution in [-0.4, -0.2) is 188 Å². The molecule has 1 saturated carbocycles. The molecule has 0 radical (unpaired) electrons. The number of urea groups is 1. The van der Waals surface area contributed by atoms with Gasteiger partial charge in [0.1, 0.15) is 42.7 Å². The third kappa shape index (κ3) is 8.94. The van der Waals surface area contributed by atoms with Gasteiger partial charge < -0.3 is 88.6 Å². The Morgan fingerprint density at radius 1 is 0.933 bits per heavy atom. The van der Waals surface area contributed by atoms with Crippen LogP contribution in [0.1, 0.15) is 12.8 Å². The summed E-state index contributed by atoms with van der Waals surface area (Å²) in [6.07, 6.45) is -17.4. The van der Waals surface area contributed by atoms with Gasteiger partial charge in [0, 0.05) is 31.6 Å². The Morgan fingerprint density at radius 2 is 1.62 bits per heavy atom. The lowest BCUT2D eigenvalue weighted by Gasteiger charge is -2.52. The van der Waals surface area contributed by atoms with Gasteiger partial charge in [0.15, 0.2) is 6.29 Å². The van der Waals surface area contributed by atoms with Crippen molar-refractivity contribution in [3.05, 3.63) is 0 Å². The van der Waals surface area contributed by atoms with Crippen LogP contribution in [0.25, 0.3) is 0 Å². The Kier molecular flexibility index (Phi) is 14.5. The molecule has 20 nitrogen and oxygen atoms in total. The first-order valence-corrected chi connectivity index (χ1v) is 15.0. The number of nitrogens with zero attached hydrogens (tertiary/aromatic N) is 1. The molecule has 2 aliphatic heterocycles. The van der Waals surface area contributed by atoms with E-state index in [0.717, 1.165) is 0 Å². The Labute approximate surface area is 259 Å². The lowest BCUT2D eigenvalue weighted by atomic mass is 9.72. The van der Waals surface area contributed by atoms with Crippen LogP contribution in [0.15, 0.2) is 0 Å². The molecule has 16 atom stereocenters. The zero-order valence-corrected chi connectivity index (χ0v) is 24.8. The summed E-state index contributed by atoms with van der Waals surface area (Å²) in [6.45, 7) is -0.730. The zero-order chi connectivity index (χ0) is 33.6. The minimum atomic E-state index is -1.74. The second-order valence-electron chi connectivity index (χ2n) is 11.8. The Balaban J connectivity index is 1.87. The quantitative estimate of drug-likeness (QED) is 0.0645. The molecule has 3 fully saturated rings. The van der Waals surface area contributed by atoms with E-state index in [0.29, 0.717) is 11.5 Å². The average molecular weight is 658 g/mol. The molecule has 0 aromatic heterocycles. The highest BCUT2D eigenvalue weighted by molar-refractivity contribution is 5.73. The lowest BCUT2D eigenvalue weighted by Crippen LogP contribution is -2.71. The number of hydrogen-bond acceptors (Lipinski definition) is 18. The molecule has 0 spiro atoms. The van der Waals surface area contributed by atoms with Crippen molar-refractivity contribution in [3.8, 4) is 0 Å². The van der Waals surface area contributed by atoms with Crippen LogP contribution in [0.3, 0.4) is 0 Å². The van der Waals surface area contributed by atoms with Gasteiger partial charge in [-0.3, -0.25) is 5.21 Å². The summed E-state index contributed by atoms with van der Waals surface area (Å²) in [6, 6.07) is -4.55. The zero-order valence-electron chi connectivity index (χ0n) is 24.8. The topological polar surface area (TPSA) is 358 Å². The first kappa shape index (κ1) is 38.0. The minimum absolute atomic E-state index is 0.0713. The number of carbonyl (C=O) groups excluding carboxylic acids is 1. The van der Waals surface area contributed by atoms with Gasteiger partial charge in [0.25, 0.3) is 0 Å². The molecule has 2 saturated heterocycles. The molecule has 45 heavy (non-hydrogen) atoms. The van der Waals surface area contributed by atoms with E-state index in [1.54, 1.807) is 0 Å². The Morgan fingerprint density at radius 3 is 2.24 bits per heavy atom. The van der Waals surface area contributed by atoms with Crippen molar-refractivity contribution in [2.24, 2.45) is 28.9 Å². The molecular weight excluding hydrogens is 606 g/mol. The first-order valence-electron chi connectivity index (χ1n) is 15.0. The van der Waals surface area contributed by atoms with Gasteiger partial charge in [0.05, 0.1) is 49.7 Å². The standard InChI is InChI=1S/C25H51N7O13/c26-2-1-9(34)6-30-7-12-17(36)20(39)21(40)23(43-12)14-10(28)5-11(31-25(41)32(42)4-3-27)22(18(14)37)45-24-19(38)15(29)16(35)13(8-33)44-24/h9-24,30,33-40,42H,1-8,26-29H2,(H,31,41)/t9?,10-,11+,12+,13+,14?,15-,16+,17+,18-,19+,20-,21+,22-,23+,24+/m0/s1. The summed E-state index contributed by atoms with van der Waals surface area (Å²) in [4.78, 5) is 12.7. The van der Waals surface area contributed by atoms with Gasteiger partial charge in [-0.25, -0.2) is 9.86 Å². The molecule has 0 bridgehead atoms. The van der Waals surface area contributed by atoms with Crippen LogP contribution in [0.4, 0.5) is 4.79 Å². The van der Waals surface area contributed by atoms with Gasteiger partial charge in [-0.05, 0) is 19.4 Å². The van der Waals surface area contributed by atoms with Gasteiger partial charge >= 0.3 is 6.03 Å². The maximum atomic E-state index is 12.7. The molecule has 3 rings (SSSR count). The normalized spacial score (nSPS) is 43.1. The second-order valence-corrected chi connectivity index (χ2v) is 11.8. The van der Waals surface area contributed by atoms with Crippen molar-refractivity contribution in [1.29, 1.82) is 0 Å². The van der Waals surface area contributed by atoms with Gasteiger partial charge in [-0.2, -0.15) is 0 Å². The summed E-state index contributed by atoms with van der Waals surface area (Å²) < 4.78 is 17.4. The molecule has 2 unspecified atom stereocenters. The summed E-state index contributed by atoms with van der Waals surface area (Å²) in [5.41, 5.74) is 23.2. The van der Waals surface area contributed by atoms with Gasteiger partial charge in [-0.15, -0.1) is 0 Å². The van der Waals surface area contributed by atoms with Crippen LogP contribution in [-0.2, 0) is 14.2 Å². The SMILES string of the molecule is NCCC(O)CNC[C@H]1O[C@H](C2[C@@H](N)C[C@@H](NC(=O)N(O)CCN)[C@H](O[C@H]3O[C@H](CO)[C@@H](O)[C@H](N)[C@H]3O)[C@H]2O)[C@H](O)[C@@H](O)[C@@H]1O. The van der Waals surface area contributed by atoms with Crippen LogP contribution in [0, 0.1) is 5.92 Å². The second kappa shape index (κ2) is 17.1. The maximum Gasteiger partial charge on any atom is 0.341 e. The summed E-state index contributed by atoms with van der Waals surface area (Å²) >= 11 is 0. The largest absolute Gasteiger partial charge is 0.394 e. The van der Waals surface area contributed by atoms with Gasteiger partial charge in [-0.1, -0.05) is 0 Å². The predicted molar refractivity (Wildman–Crippen MR) is 152 cm³/mol. The average Bonchev–Trinajstić information content (AvgIpc) is 2.99. The highest BCUT2D eigenvalue weighted by atomic mass is 16.7. The molecule has 0 aromatic rings. The summed E-state index contributed by atoms with van der Waals surface area (Å²) in [5, 5.41) is 100. The van der Waals surface area contributed by atoms with Crippen LogP contribution >= 0.6 is 0 Å². The van der Waals surface area contributed by atoms with Crippen molar-refractivity contribution in [1.82, 2.24) is 15.7 Å². The molecule has 3 aliphatic rings. The third-order valence-electron chi connectivity index (χ3n) is 8.61. The van der Waals surface area contributed by atoms with E-state index in [1.807, 2.05) is 0 Å². The summed E-state index contributed by atoms with van der Waals surface area (Å²) in [7, 11) is 0. The van der Waals surface area contributed by atoms with E-state index in [4.69, 9.17) is 37.1 Å². The molecule has 2 heterocycles. The molecule has 1 aliphatic carbocycles. The highest BCUT2D eigenvalue weighted by Gasteiger charge is 2.56. The van der Waals surface area contributed by atoms with E-state index in [-0.39, 0.29) is 39.1 Å². The number of hydroxylamine groups is 2. The van der Waals surface area contributed by atoms with Crippen molar-refractivity contribution in [2.45, 2.75) is 104 Å². The number of nitrogens with one attached hydrogen (secondary N) is 2. The van der Waals surface area contributed by atoms with Crippen LogP contribution < -0.4 is 33.6 Å². The summed E-state index contributed by atoms with van der Waals surface area (Å²) in [5.74, 6) is -1.21. The van der Waals surface area contributed by atoms with Crippen molar-refractivity contribution in [3.63, 3.8) is 0 Å². The fourth-order valence-electron chi connectivity index (χ4n) is 6.04. The molecular formula is C25H51N7O13.